The first-order valence-corrected chi connectivity index (χ1v) is 10.4. The molecule has 1 aliphatic carbocycles. The van der Waals surface area contributed by atoms with Gasteiger partial charge in [-0.3, -0.25) is 9.59 Å². The molecule has 1 atom stereocenters. The Morgan fingerprint density at radius 2 is 1.84 bits per heavy atom. The largest absolute Gasteiger partial charge is 0.352 e. The third-order valence-electron chi connectivity index (χ3n) is 5.91. The summed E-state index contributed by atoms with van der Waals surface area (Å²) in [6.45, 7) is 4.13. The van der Waals surface area contributed by atoms with Crippen molar-refractivity contribution in [2.45, 2.75) is 32.2 Å². The fraction of sp³-hybridized carbons (Fsp3) is 0.450. The number of carbonyl (C=O) groups is 1. The van der Waals surface area contributed by atoms with Gasteiger partial charge < -0.3 is 9.80 Å². The molecular weight excluding hydrogens is 398 g/mol. The first-order valence-electron chi connectivity index (χ1n) is 10.4. The van der Waals surface area contributed by atoms with Crippen molar-refractivity contribution in [1.29, 1.82) is 0 Å². The molecule has 1 unspecified atom stereocenters. The summed E-state index contributed by atoms with van der Waals surface area (Å²) in [7, 11) is 0. The minimum Gasteiger partial charge on any atom is -0.352 e. The zero-order valence-electron chi connectivity index (χ0n) is 17.3. The summed E-state index contributed by atoms with van der Waals surface area (Å²) in [5, 5.41) is 17.0. The average Bonchev–Trinajstić information content (AvgIpc) is 3.50. The molecule has 1 aliphatic heterocycles. The van der Waals surface area contributed by atoms with Crippen LogP contribution in [0.1, 0.15) is 30.6 Å². The van der Waals surface area contributed by atoms with Crippen molar-refractivity contribution in [3.05, 3.63) is 52.5 Å². The van der Waals surface area contributed by atoms with Crippen LogP contribution in [0.25, 0.3) is 5.82 Å². The molecule has 3 aromatic rings. The topological polar surface area (TPSA) is 115 Å². The number of aryl methyl sites for hydroxylation is 2. The predicted molar refractivity (Wildman–Crippen MR) is 111 cm³/mol. The van der Waals surface area contributed by atoms with E-state index >= 15 is 0 Å². The van der Waals surface area contributed by atoms with E-state index in [9.17, 15) is 9.59 Å². The van der Waals surface area contributed by atoms with Crippen LogP contribution >= 0.6 is 0 Å². The number of piperazine rings is 1. The minimum atomic E-state index is -0.619. The molecule has 0 bridgehead atoms. The number of hydrogen-bond acceptors (Lipinski definition) is 8. The second kappa shape index (κ2) is 7.89. The number of nitrogens with zero attached hydrogens (tertiary/aromatic N) is 9. The third-order valence-corrected chi connectivity index (χ3v) is 5.91. The van der Waals surface area contributed by atoms with E-state index in [1.165, 1.54) is 11.0 Å². The van der Waals surface area contributed by atoms with Crippen molar-refractivity contribution < 1.29 is 4.79 Å². The molecule has 1 amide bonds. The summed E-state index contributed by atoms with van der Waals surface area (Å²) >= 11 is 0. The van der Waals surface area contributed by atoms with E-state index in [2.05, 4.69) is 30.3 Å². The van der Waals surface area contributed by atoms with Gasteiger partial charge in [-0.1, -0.05) is 0 Å². The highest BCUT2D eigenvalue weighted by molar-refractivity contribution is 5.80. The van der Waals surface area contributed by atoms with Crippen molar-refractivity contribution >= 4 is 11.7 Å². The van der Waals surface area contributed by atoms with Gasteiger partial charge in [-0.15, -0.1) is 10.2 Å². The molecule has 31 heavy (non-hydrogen) atoms. The number of rotatable bonds is 4. The Morgan fingerprint density at radius 1 is 1.06 bits per heavy atom. The van der Waals surface area contributed by atoms with Crippen LogP contribution in [0.2, 0.25) is 0 Å². The number of fused-ring (bicyclic) bond motifs is 1. The molecule has 0 saturated carbocycles. The van der Waals surface area contributed by atoms with Crippen molar-refractivity contribution in [1.82, 2.24) is 39.6 Å². The Kier molecular flexibility index (Phi) is 4.92. The summed E-state index contributed by atoms with van der Waals surface area (Å²) < 4.78 is 2.89. The number of carbonyl (C=O) groups excluding carboxylic acids is 1. The van der Waals surface area contributed by atoms with E-state index in [0.29, 0.717) is 32.0 Å². The molecule has 1 saturated heterocycles. The lowest BCUT2D eigenvalue weighted by molar-refractivity contribution is -0.135. The molecule has 3 aromatic heterocycles. The maximum atomic E-state index is 13.0. The van der Waals surface area contributed by atoms with E-state index in [1.54, 1.807) is 28.9 Å². The Morgan fingerprint density at radius 3 is 2.55 bits per heavy atom. The van der Waals surface area contributed by atoms with Gasteiger partial charge in [0.25, 0.3) is 5.56 Å². The molecule has 2 aliphatic rings. The zero-order valence-corrected chi connectivity index (χ0v) is 17.3. The van der Waals surface area contributed by atoms with E-state index in [1.807, 2.05) is 12.1 Å². The molecule has 0 radical (unpaired) electrons. The SMILES string of the molecule is CC(C(=O)N1CCN(c2ccc(-n3cncn3)nn2)CC1)n1nc2c(cc1=O)CCC2. The predicted octanol–water partition coefficient (Wildman–Crippen LogP) is 0.0125. The van der Waals surface area contributed by atoms with Gasteiger partial charge in [0.15, 0.2) is 11.6 Å². The van der Waals surface area contributed by atoms with Gasteiger partial charge in [-0.25, -0.2) is 14.3 Å². The maximum Gasteiger partial charge on any atom is 0.267 e. The lowest BCUT2D eigenvalue weighted by Crippen LogP contribution is -2.51. The highest BCUT2D eigenvalue weighted by Crippen LogP contribution is 2.19. The van der Waals surface area contributed by atoms with Gasteiger partial charge >= 0.3 is 0 Å². The zero-order chi connectivity index (χ0) is 21.4. The molecule has 0 spiro atoms. The van der Waals surface area contributed by atoms with E-state index in [4.69, 9.17) is 0 Å². The van der Waals surface area contributed by atoms with Gasteiger partial charge in [-0.2, -0.15) is 10.2 Å². The Hall–Kier alpha value is -3.63. The van der Waals surface area contributed by atoms with Crippen LogP contribution in [-0.4, -0.2) is 71.7 Å². The van der Waals surface area contributed by atoms with Gasteiger partial charge in [0.1, 0.15) is 18.7 Å². The van der Waals surface area contributed by atoms with Crippen LogP contribution in [0.4, 0.5) is 5.82 Å². The number of hydrogen-bond donors (Lipinski definition) is 0. The van der Waals surface area contributed by atoms with Crippen LogP contribution in [0.3, 0.4) is 0 Å². The monoisotopic (exact) mass is 421 g/mol. The number of aromatic nitrogens is 7. The van der Waals surface area contributed by atoms with Gasteiger partial charge in [0.05, 0.1) is 5.69 Å². The van der Waals surface area contributed by atoms with Gasteiger partial charge in [0, 0.05) is 32.2 Å². The molecular formula is C20H23N9O2. The smallest absolute Gasteiger partial charge is 0.267 e. The number of anilines is 1. The summed E-state index contributed by atoms with van der Waals surface area (Å²) in [5.41, 5.74) is 1.75. The Balaban J connectivity index is 1.23. The van der Waals surface area contributed by atoms with E-state index < -0.39 is 6.04 Å². The Labute approximate surface area is 178 Å². The van der Waals surface area contributed by atoms with Crippen molar-refractivity contribution in [3.8, 4) is 5.82 Å². The second-order valence-corrected chi connectivity index (χ2v) is 7.83. The summed E-state index contributed by atoms with van der Waals surface area (Å²) in [4.78, 5) is 33.3. The van der Waals surface area contributed by atoms with Crippen LogP contribution < -0.4 is 10.5 Å². The normalized spacial score (nSPS) is 16.9. The molecule has 4 heterocycles. The molecule has 5 rings (SSSR count). The minimum absolute atomic E-state index is 0.0835. The summed E-state index contributed by atoms with van der Waals surface area (Å²) in [6.07, 6.45) is 5.78. The first kappa shape index (κ1) is 19.3. The summed E-state index contributed by atoms with van der Waals surface area (Å²) in [5.74, 6) is 1.26. The van der Waals surface area contributed by atoms with Crippen LogP contribution in [0.5, 0.6) is 0 Å². The van der Waals surface area contributed by atoms with Gasteiger partial charge in [-0.05, 0) is 43.9 Å². The molecule has 1 fully saturated rings. The molecule has 160 valence electrons. The van der Waals surface area contributed by atoms with Crippen LogP contribution in [-0.2, 0) is 17.6 Å². The second-order valence-electron chi connectivity index (χ2n) is 7.83. The highest BCUT2D eigenvalue weighted by Gasteiger charge is 2.28. The quantitative estimate of drug-likeness (QED) is 0.579. The first-order chi connectivity index (χ1) is 15.1. The molecule has 11 heteroatoms. The van der Waals surface area contributed by atoms with E-state index in [0.717, 1.165) is 36.3 Å². The maximum absolute atomic E-state index is 13.0. The van der Waals surface area contributed by atoms with Crippen molar-refractivity contribution in [2.24, 2.45) is 0 Å². The van der Waals surface area contributed by atoms with E-state index in [-0.39, 0.29) is 11.5 Å². The fourth-order valence-corrected chi connectivity index (χ4v) is 4.15. The number of amides is 1. The van der Waals surface area contributed by atoms with Crippen molar-refractivity contribution in [2.75, 3.05) is 31.1 Å². The summed E-state index contributed by atoms with van der Waals surface area (Å²) in [6, 6.07) is 4.74. The third kappa shape index (κ3) is 3.66. The van der Waals surface area contributed by atoms with Gasteiger partial charge in [0.2, 0.25) is 5.91 Å². The lowest BCUT2D eigenvalue weighted by Gasteiger charge is -2.36. The average molecular weight is 421 g/mol. The highest BCUT2D eigenvalue weighted by atomic mass is 16.2. The van der Waals surface area contributed by atoms with Crippen LogP contribution in [0, 0.1) is 0 Å². The molecule has 11 nitrogen and oxygen atoms in total. The lowest BCUT2D eigenvalue weighted by atomic mass is 10.2. The van der Waals surface area contributed by atoms with Crippen molar-refractivity contribution in [3.63, 3.8) is 0 Å². The van der Waals surface area contributed by atoms with Crippen LogP contribution in [0.15, 0.2) is 35.6 Å². The molecule has 0 aromatic carbocycles. The Bertz CT molecular complexity index is 1130. The fourth-order valence-electron chi connectivity index (χ4n) is 4.15. The molecule has 0 N–H and O–H groups in total. The standard InChI is InChI=1S/C20H23N9O2/c1-14(29-19(30)11-15-3-2-4-16(15)25-29)20(31)27-9-7-26(8-10-27)17-5-6-18(24-23-17)28-13-21-12-22-28/h5-6,11-14H,2-4,7-10H2,1H3.